The van der Waals surface area contributed by atoms with E-state index in [2.05, 4.69) is 31.1 Å². The Hall–Kier alpha value is -0.930. The average Bonchev–Trinajstić information content (AvgIpc) is 2.37. The number of hydrogen-bond donors (Lipinski definition) is 1. The second-order valence-corrected chi connectivity index (χ2v) is 5.00. The number of hydrogen-bond acceptors (Lipinski definition) is 2. The van der Waals surface area contributed by atoms with Gasteiger partial charge < -0.3 is 10.2 Å². The summed E-state index contributed by atoms with van der Waals surface area (Å²) in [7, 11) is 2.15. The van der Waals surface area contributed by atoms with Crippen LogP contribution in [0.3, 0.4) is 0 Å². The fourth-order valence-electron chi connectivity index (χ4n) is 1.84. The highest BCUT2D eigenvalue weighted by Gasteiger charge is 2.05. The van der Waals surface area contributed by atoms with Gasteiger partial charge in [0, 0.05) is 25.7 Å². The van der Waals surface area contributed by atoms with Crippen molar-refractivity contribution in [3.05, 3.63) is 35.1 Å². The number of aryl methyl sites for hydroxylation is 1. The molecule has 0 aromatic heterocycles. The van der Waals surface area contributed by atoms with Gasteiger partial charge in [-0.3, -0.25) is 0 Å². The van der Waals surface area contributed by atoms with Crippen molar-refractivity contribution in [1.29, 1.82) is 0 Å². The Labute approximate surface area is 110 Å². The summed E-state index contributed by atoms with van der Waals surface area (Å²) in [5.74, 6) is -0.129. The lowest BCUT2D eigenvalue weighted by atomic mass is 10.1. The quantitative estimate of drug-likeness (QED) is 0.751. The minimum absolute atomic E-state index is 0.129. The molecule has 3 heteroatoms. The molecule has 1 N–H and O–H groups in total. The largest absolute Gasteiger partial charge is 0.311 e. The standard InChI is InChI=1S/C15H25FN2/c1-5-13(3)18(4)9-8-17-11-14-6-7-15(16)12(2)10-14/h6-7,10,13,17H,5,8-9,11H2,1-4H3. The second-order valence-electron chi connectivity index (χ2n) is 5.00. The Balaban J connectivity index is 2.27. The van der Waals surface area contributed by atoms with Gasteiger partial charge in [-0.2, -0.15) is 0 Å². The molecule has 0 aliphatic rings. The first kappa shape index (κ1) is 15.1. The topological polar surface area (TPSA) is 15.3 Å². The molecular formula is C15H25FN2. The normalized spacial score (nSPS) is 13.0. The minimum Gasteiger partial charge on any atom is -0.311 e. The predicted molar refractivity (Wildman–Crippen MR) is 75.2 cm³/mol. The molecule has 1 atom stereocenters. The molecule has 1 aromatic rings. The third-order valence-electron chi connectivity index (χ3n) is 3.54. The summed E-state index contributed by atoms with van der Waals surface area (Å²) >= 11 is 0. The first-order valence-corrected chi connectivity index (χ1v) is 6.70. The minimum atomic E-state index is -0.129. The van der Waals surface area contributed by atoms with Gasteiger partial charge in [0.25, 0.3) is 0 Å². The Bertz CT molecular complexity index is 366. The molecule has 0 saturated carbocycles. The van der Waals surface area contributed by atoms with Crippen LogP contribution in [0.4, 0.5) is 4.39 Å². The number of nitrogens with zero attached hydrogens (tertiary/aromatic N) is 1. The molecule has 2 nitrogen and oxygen atoms in total. The van der Waals surface area contributed by atoms with Crippen LogP contribution in [0.2, 0.25) is 0 Å². The van der Waals surface area contributed by atoms with E-state index in [0.29, 0.717) is 11.6 Å². The fraction of sp³-hybridized carbons (Fsp3) is 0.600. The maximum absolute atomic E-state index is 13.1. The van der Waals surface area contributed by atoms with Crippen LogP contribution in [-0.2, 0) is 6.54 Å². The van der Waals surface area contributed by atoms with Gasteiger partial charge in [-0.15, -0.1) is 0 Å². The summed E-state index contributed by atoms with van der Waals surface area (Å²) in [6.07, 6.45) is 1.17. The number of halogens is 1. The number of rotatable bonds is 7. The summed E-state index contributed by atoms with van der Waals surface area (Å²) in [5.41, 5.74) is 1.85. The number of nitrogens with one attached hydrogen (secondary N) is 1. The predicted octanol–water partition coefficient (Wildman–Crippen LogP) is 2.95. The monoisotopic (exact) mass is 252 g/mol. The second kappa shape index (κ2) is 7.49. The lowest BCUT2D eigenvalue weighted by Gasteiger charge is -2.23. The zero-order valence-corrected chi connectivity index (χ0v) is 12.0. The van der Waals surface area contributed by atoms with Gasteiger partial charge in [-0.1, -0.05) is 19.1 Å². The Morgan fingerprint density at radius 2 is 2.11 bits per heavy atom. The van der Waals surface area contributed by atoms with Gasteiger partial charge in [0.1, 0.15) is 5.82 Å². The van der Waals surface area contributed by atoms with Crippen molar-refractivity contribution in [2.24, 2.45) is 0 Å². The molecule has 0 amide bonds. The SMILES string of the molecule is CCC(C)N(C)CCNCc1ccc(F)c(C)c1. The molecule has 0 saturated heterocycles. The molecule has 1 aromatic carbocycles. The van der Waals surface area contributed by atoms with Crippen LogP contribution in [0, 0.1) is 12.7 Å². The molecule has 0 heterocycles. The van der Waals surface area contributed by atoms with E-state index in [4.69, 9.17) is 0 Å². The van der Waals surface area contributed by atoms with Crippen LogP contribution in [-0.4, -0.2) is 31.1 Å². The van der Waals surface area contributed by atoms with Crippen molar-refractivity contribution in [2.75, 3.05) is 20.1 Å². The van der Waals surface area contributed by atoms with E-state index in [0.717, 1.165) is 25.2 Å². The van der Waals surface area contributed by atoms with Gasteiger partial charge in [0.15, 0.2) is 0 Å². The molecule has 0 spiro atoms. The van der Waals surface area contributed by atoms with Crippen LogP contribution in [0.5, 0.6) is 0 Å². The number of benzene rings is 1. The van der Waals surface area contributed by atoms with E-state index in [1.807, 2.05) is 12.1 Å². The third-order valence-corrected chi connectivity index (χ3v) is 3.54. The van der Waals surface area contributed by atoms with E-state index < -0.39 is 0 Å². The summed E-state index contributed by atoms with van der Waals surface area (Å²) in [5, 5.41) is 3.39. The van der Waals surface area contributed by atoms with E-state index >= 15 is 0 Å². The fourth-order valence-corrected chi connectivity index (χ4v) is 1.84. The first-order valence-electron chi connectivity index (χ1n) is 6.70. The zero-order valence-electron chi connectivity index (χ0n) is 12.0. The molecule has 1 rings (SSSR count). The summed E-state index contributed by atoms with van der Waals surface area (Å²) in [6.45, 7) is 9.04. The van der Waals surface area contributed by atoms with Crippen LogP contribution < -0.4 is 5.32 Å². The summed E-state index contributed by atoms with van der Waals surface area (Å²) in [6, 6.07) is 5.91. The van der Waals surface area contributed by atoms with Gasteiger partial charge in [-0.05, 0) is 44.5 Å². The van der Waals surface area contributed by atoms with Crippen LogP contribution in [0.15, 0.2) is 18.2 Å². The lowest BCUT2D eigenvalue weighted by Crippen LogP contribution is -2.34. The van der Waals surface area contributed by atoms with Gasteiger partial charge in [-0.25, -0.2) is 4.39 Å². The smallest absolute Gasteiger partial charge is 0.126 e. The van der Waals surface area contributed by atoms with Crippen LogP contribution >= 0.6 is 0 Å². The molecule has 0 aliphatic carbocycles. The summed E-state index contributed by atoms with van der Waals surface area (Å²) < 4.78 is 13.1. The molecule has 102 valence electrons. The van der Waals surface area contributed by atoms with Crippen molar-refractivity contribution in [1.82, 2.24) is 10.2 Å². The van der Waals surface area contributed by atoms with Gasteiger partial charge >= 0.3 is 0 Å². The lowest BCUT2D eigenvalue weighted by molar-refractivity contribution is 0.251. The van der Waals surface area contributed by atoms with E-state index in [9.17, 15) is 4.39 Å². The van der Waals surface area contributed by atoms with Crippen molar-refractivity contribution in [3.63, 3.8) is 0 Å². The van der Waals surface area contributed by atoms with E-state index in [-0.39, 0.29) is 5.82 Å². The van der Waals surface area contributed by atoms with Crippen LogP contribution in [0.1, 0.15) is 31.4 Å². The molecule has 0 fully saturated rings. The molecule has 0 radical (unpaired) electrons. The Morgan fingerprint density at radius 3 is 2.72 bits per heavy atom. The van der Waals surface area contributed by atoms with Crippen molar-refractivity contribution in [2.45, 2.75) is 39.8 Å². The zero-order chi connectivity index (χ0) is 13.5. The molecule has 1 unspecified atom stereocenters. The van der Waals surface area contributed by atoms with E-state index in [1.54, 1.807) is 6.92 Å². The van der Waals surface area contributed by atoms with Gasteiger partial charge in [0.2, 0.25) is 0 Å². The third kappa shape index (κ3) is 4.75. The molecule has 18 heavy (non-hydrogen) atoms. The maximum atomic E-state index is 13.1. The van der Waals surface area contributed by atoms with E-state index in [1.165, 1.54) is 12.5 Å². The van der Waals surface area contributed by atoms with Crippen molar-refractivity contribution in [3.8, 4) is 0 Å². The molecule has 0 aliphatic heterocycles. The highest BCUT2D eigenvalue weighted by atomic mass is 19.1. The average molecular weight is 252 g/mol. The highest BCUT2D eigenvalue weighted by molar-refractivity contribution is 5.23. The number of likely N-dealkylation sites (N-methyl/N-ethyl adjacent to an activating group) is 1. The van der Waals surface area contributed by atoms with Crippen molar-refractivity contribution >= 4 is 0 Å². The first-order chi connectivity index (χ1) is 8.54. The molecule has 0 bridgehead atoms. The highest BCUT2D eigenvalue weighted by Crippen LogP contribution is 2.08. The van der Waals surface area contributed by atoms with Gasteiger partial charge in [0.05, 0.1) is 0 Å². The van der Waals surface area contributed by atoms with Crippen molar-refractivity contribution < 1.29 is 4.39 Å². The van der Waals surface area contributed by atoms with Crippen LogP contribution in [0.25, 0.3) is 0 Å². The Kier molecular flexibility index (Phi) is 6.30. The maximum Gasteiger partial charge on any atom is 0.126 e. The summed E-state index contributed by atoms with van der Waals surface area (Å²) in [4.78, 5) is 2.35. The Morgan fingerprint density at radius 1 is 1.39 bits per heavy atom. The molecular weight excluding hydrogens is 227 g/mol.